The lowest BCUT2D eigenvalue weighted by molar-refractivity contribution is 0.234. The molecule has 0 amide bonds. The maximum Gasteiger partial charge on any atom is 0.123 e. The Hall–Kier alpha value is -1.02. The van der Waals surface area contributed by atoms with Crippen LogP contribution in [0.1, 0.15) is 38.7 Å². The van der Waals surface area contributed by atoms with E-state index >= 15 is 0 Å². The molecule has 1 aromatic rings. The molecular formula is C15H23NO. The van der Waals surface area contributed by atoms with Crippen molar-refractivity contribution in [2.75, 3.05) is 13.1 Å². The molecule has 2 heteroatoms. The first-order chi connectivity index (χ1) is 8.18. The van der Waals surface area contributed by atoms with Gasteiger partial charge in [0, 0.05) is 12.5 Å². The van der Waals surface area contributed by atoms with Crippen molar-refractivity contribution in [3.05, 3.63) is 29.8 Å². The molecule has 94 valence electrons. The van der Waals surface area contributed by atoms with Crippen molar-refractivity contribution >= 4 is 0 Å². The van der Waals surface area contributed by atoms with E-state index in [0.29, 0.717) is 5.92 Å². The molecule has 1 N–H and O–H groups in total. The standard InChI is InChI=1S/C15H23NO/c1-11(2)17-15-7-5-4-6-13(15)14-10-16-9-8-12(14)3/h4-7,11-12,14,16H,8-10H2,1-3H3. The lowest BCUT2D eigenvalue weighted by Gasteiger charge is -2.31. The van der Waals surface area contributed by atoms with Gasteiger partial charge in [0.25, 0.3) is 0 Å². The van der Waals surface area contributed by atoms with Crippen LogP contribution in [0.3, 0.4) is 0 Å². The van der Waals surface area contributed by atoms with Crippen molar-refractivity contribution in [3.8, 4) is 5.75 Å². The maximum absolute atomic E-state index is 5.92. The molecule has 0 radical (unpaired) electrons. The topological polar surface area (TPSA) is 21.3 Å². The summed E-state index contributed by atoms with van der Waals surface area (Å²) >= 11 is 0. The van der Waals surface area contributed by atoms with Crippen LogP contribution in [-0.2, 0) is 0 Å². The fourth-order valence-electron chi connectivity index (χ4n) is 2.55. The average Bonchev–Trinajstić information content (AvgIpc) is 2.30. The molecule has 2 rings (SSSR count). The highest BCUT2D eigenvalue weighted by molar-refractivity contribution is 5.37. The molecule has 0 bridgehead atoms. The van der Waals surface area contributed by atoms with Crippen LogP contribution in [0.4, 0.5) is 0 Å². The summed E-state index contributed by atoms with van der Waals surface area (Å²) in [6, 6.07) is 8.48. The highest BCUT2D eigenvalue weighted by atomic mass is 16.5. The Kier molecular flexibility index (Phi) is 4.06. The minimum atomic E-state index is 0.239. The minimum Gasteiger partial charge on any atom is -0.491 e. The molecule has 0 saturated carbocycles. The summed E-state index contributed by atoms with van der Waals surface area (Å²) in [6.07, 6.45) is 1.49. The summed E-state index contributed by atoms with van der Waals surface area (Å²) in [5, 5.41) is 3.49. The normalized spacial score (nSPS) is 24.9. The number of benzene rings is 1. The maximum atomic E-state index is 5.92. The molecule has 1 aliphatic rings. The minimum absolute atomic E-state index is 0.239. The Morgan fingerprint density at radius 3 is 2.76 bits per heavy atom. The van der Waals surface area contributed by atoms with Gasteiger partial charge in [-0.1, -0.05) is 25.1 Å². The quantitative estimate of drug-likeness (QED) is 0.865. The fraction of sp³-hybridized carbons (Fsp3) is 0.600. The van der Waals surface area contributed by atoms with E-state index in [1.165, 1.54) is 12.0 Å². The number of hydrogen-bond donors (Lipinski definition) is 1. The van der Waals surface area contributed by atoms with Gasteiger partial charge in [0.15, 0.2) is 0 Å². The Morgan fingerprint density at radius 1 is 1.29 bits per heavy atom. The Balaban J connectivity index is 2.23. The number of ether oxygens (including phenoxy) is 1. The highest BCUT2D eigenvalue weighted by Gasteiger charge is 2.25. The van der Waals surface area contributed by atoms with Gasteiger partial charge in [-0.05, 0) is 44.4 Å². The van der Waals surface area contributed by atoms with Crippen LogP contribution < -0.4 is 10.1 Å². The van der Waals surface area contributed by atoms with Gasteiger partial charge in [-0.15, -0.1) is 0 Å². The predicted molar refractivity (Wildman–Crippen MR) is 71.6 cm³/mol. The van der Waals surface area contributed by atoms with Crippen molar-refractivity contribution in [2.45, 2.75) is 39.2 Å². The zero-order valence-electron chi connectivity index (χ0n) is 11.1. The molecule has 1 aliphatic heterocycles. The average molecular weight is 233 g/mol. The third-order valence-corrected chi connectivity index (χ3v) is 3.51. The second-order valence-corrected chi connectivity index (χ2v) is 5.28. The number of nitrogens with one attached hydrogen (secondary N) is 1. The van der Waals surface area contributed by atoms with Gasteiger partial charge in [-0.25, -0.2) is 0 Å². The Labute approximate surface area is 104 Å². The van der Waals surface area contributed by atoms with Crippen LogP contribution in [0.5, 0.6) is 5.75 Å². The molecule has 1 aromatic carbocycles. The zero-order valence-corrected chi connectivity index (χ0v) is 11.1. The fourth-order valence-corrected chi connectivity index (χ4v) is 2.55. The van der Waals surface area contributed by atoms with Crippen molar-refractivity contribution in [1.82, 2.24) is 5.32 Å². The number of piperidine rings is 1. The van der Waals surface area contributed by atoms with Crippen LogP contribution in [0.25, 0.3) is 0 Å². The molecule has 0 aromatic heterocycles. The molecule has 1 saturated heterocycles. The number of para-hydroxylation sites is 1. The van der Waals surface area contributed by atoms with Gasteiger partial charge in [0.1, 0.15) is 5.75 Å². The second kappa shape index (κ2) is 5.54. The summed E-state index contributed by atoms with van der Waals surface area (Å²) in [7, 11) is 0. The van der Waals surface area contributed by atoms with Gasteiger partial charge >= 0.3 is 0 Å². The molecule has 0 aliphatic carbocycles. The monoisotopic (exact) mass is 233 g/mol. The lowest BCUT2D eigenvalue weighted by Crippen LogP contribution is -2.34. The third-order valence-electron chi connectivity index (χ3n) is 3.51. The van der Waals surface area contributed by atoms with Gasteiger partial charge in [-0.3, -0.25) is 0 Å². The van der Waals surface area contributed by atoms with E-state index in [0.717, 1.165) is 24.8 Å². The Morgan fingerprint density at radius 2 is 2.06 bits per heavy atom. The van der Waals surface area contributed by atoms with Crippen molar-refractivity contribution < 1.29 is 4.74 Å². The van der Waals surface area contributed by atoms with E-state index in [4.69, 9.17) is 4.74 Å². The van der Waals surface area contributed by atoms with Crippen LogP contribution in [-0.4, -0.2) is 19.2 Å². The molecular weight excluding hydrogens is 210 g/mol. The van der Waals surface area contributed by atoms with Crippen LogP contribution in [0.15, 0.2) is 24.3 Å². The first-order valence-electron chi connectivity index (χ1n) is 6.64. The SMILES string of the molecule is CC(C)Oc1ccccc1C1CNCCC1C. The van der Waals surface area contributed by atoms with Crippen LogP contribution >= 0.6 is 0 Å². The van der Waals surface area contributed by atoms with E-state index in [1.807, 2.05) is 0 Å². The first kappa shape index (κ1) is 12.4. The summed E-state index contributed by atoms with van der Waals surface area (Å²) in [5.74, 6) is 2.37. The van der Waals surface area contributed by atoms with Gasteiger partial charge in [-0.2, -0.15) is 0 Å². The lowest BCUT2D eigenvalue weighted by atomic mass is 9.82. The van der Waals surface area contributed by atoms with Crippen molar-refractivity contribution in [1.29, 1.82) is 0 Å². The molecule has 0 spiro atoms. The van der Waals surface area contributed by atoms with E-state index in [1.54, 1.807) is 0 Å². The number of rotatable bonds is 3. The summed E-state index contributed by atoms with van der Waals surface area (Å²) in [5.41, 5.74) is 1.36. The summed E-state index contributed by atoms with van der Waals surface area (Å²) < 4.78 is 5.92. The predicted octanol–water partition coefficient (Wildman–Crippen LogP) is 3.19. The molecule has 17 heavy (non-hydrogen) atoms. The highest BCUT2D eigenvalue weighted by Crippen LogP contribution is 2.34. The van der Waals surface area contributed by atoms with Gasteiger partial charge in [0.2, 0.25) is 0 Å². The zero-order chi connectivity index (χ0) is 12.3. The largest absolute Gasteiger partial charge is 0.491 e. The summed E-state index contributed by atoms with van der Waals surface area (Å²) in [6.45, 7) is 8.72. The molecule has 1 heterocycles. The van der Waals surface area contributed by atoms with Gasteiger partial charge in [0.05, 0.1) is 6.10 Å². The van der Waals surface area contributed by atoms with Crippen LogP contribution in [0, 0.1) is 5.92 Å². The van der Waals surface area contributed by atoms with Gasteiger partial charge < -0.3 is 10.1 Å². The van der Waals surface area contributed by atoms with Crippen molar-refractivity contribution in [3.63, 3.8) is 0 Å². The molecule has 1 fully saturated rings. The van der Waals surface area contributed by atoms with Crippen LogP contribution in [0.2, 0.25) is 0 Å². The first-order valence-corrected chi connectivity index (χ1v) is 6.64. The third kappa shape index (κ3) is 3.01. The smallest absolute Gasteiger partial charge is 0.123 e. The van der Waals surface area contributed by atoms with E-state index in [-0.39, 0.29) is 6.10 Å². The van der Waals surface area contributed by atoms with E-state index < -0.39 is 0 Å². The molecule has 2 unspecified atom stereocenters. The number of hydrogen-bond acceptors (Lipinski definition) is 2. The second-order valence-electron chi connectivity index (χ2n) is 5.28. The summed E-state index contributed by atoms with van der Waals surface area (Å²) in [4.78, 5) is 0. The van der Waals surface area contributed by atoms with E-state index in [2.05, 4.69) is 50.4 Å². The molecule has 2 atom stereocenters. The van der Waals surface area contributed by atoms with E-state index in [9.17, 15) is 0 Å². The van der Waals surface area contributed by atoms with Crippen molar-refractivity contribution in [2.24, 2.45) is 5.92 Å². The molecule has 2 nitrogen and oxygen atoms in total. The Bertz CT molecular complexity index is 362.